The molecule has 1 aliphatic heterocycles. The average Bonchev–Trinajstić information content (AvgIpc) is 3.09. The third-order valence-electron chi connectivity index (χ3n) is 4.10. The number of hydrogen-bond donors (Lipinski definition) is 2. The minimum atomic E-state index is -0.0197. The first kappa shape index (κ1) is 14.6. The number of H-pyrrole nitrogens is 1. The van der Waals surface area contributed by atoms with Crippen LogP contribution in [0.15, 0.2) is 36.7 Å². The topological polar surface area (TPSA) is 61.0 Å². The molecule has 1 aliphatic rings. The molecule has 1 aromatic heterocycles. The first-order valence-electron chi connectivity index (χ1n) is 7.94. The largest absolute Gasteiger partial charge is 0.372 e. The van der Waals surface area contributed by atoms with Crippen LogP contribution in [0.5, 0.6) is 0 Å². The molecule has 1 aromatic carbocycles. The van der Waals surface area contributed by atoms with E-state index >= 15 is 0 Å². The number of carbonyl (C=O) groups is 1. The standard InChI is InChI=1S/C17H22N4O/c22-17(18-9-8-14-12-19-20-13-14)15-4-6-16(7-5-15)21-10-2-1-3-11-21/h4-7,12-13H,1-3,8-11H2,(H,18,22)(H,19,20). The molecule has 5 heteroatoms. The Morgan fingerprint density at radius 2 is 1.95 bits per heavy atom. The Morgan fingerprint density at radius 1 is 1.18 bits per heavy atom. The zero-order chi connectivity index (χ0) is 15.2. The van der Waals surface area contributed by atoms with E-state index in [2.05, 4.69) is 32.5 Å². The normalized spacial score (nSPS) is 14.8. The zero-order valence-electron chi connectivity index (χ0n) is 12.7. The summed E-state index contributed by atoms with van der Waals surface area (Å²) in [5.41, 5.74) is 3.03. The minimum absolute atomic E-state index is 0.0197. The molecule has 0 aliphatic carbocycles. The third-order valence-corrected chi connectivity index (χ3v) is 4.10. The first-order chi connectivity index (χ1) is 10.8. The molecule has 0 bridgehead atoms. The van der Waals surface area contributed by atoms with Crippen LogP contribution in [0.1, 0.15) is 35.2 Å². The lowest BCUT2D eigenvalue weighted by Crippen LogP contribution is -2.29. The fourth-order valence-electron chi connectivity index (χ4n) is 2.81. The number of hydrogen-bond acceptors (Lipinski definition) is 3. The number of amides is 1. The summed E-state index contributed by atoms with van der Waals surface area (Å²) < 4.78 is 0. The van der Waals surface area contributed by atoms with Gasteiger partial charge in [-0.25, -0.2) is 0 Å². The van der Waals surface area contributed by atoms with Gasteiger partial charge in [-0.05, 0) is 55.5 Å². The number of anilines is 1. The first-order valence-corrected chi connectivity index (χ1v) is 7.94. The van der Waals surface area contributed by atoms with Crippen LogP contribution in [0, 0.1) is 0 Å². The molecule has 1 amide bonds. The second kappa shape index (κ2) is 7.11. The summed E-state index contributed by atoms with van der Waals surface area (Å²) in [6, 6.07) is 7.93. The Morgan fingerprint density at radius 3 is 2.64 bits per heavy atom. The molecule has 3 rings (SSSR count). The Bertz CT molecular complexity index is 586. The van der Waals surface area contributed by atoms with Crippen LogP contribution in [-0.2, 0) is 6.42 Å². The highest BCUT2D eigenvalue weighted by Crippen LogP contribution is 2.20. The maximum atomic E-state index is 12.1. The van der Waals surface area contributed by atoms with Crippen LogP contribution in [0.25, 0.3) is 0 Å². The lowest BCUT2D eigenvalue weighted by Gasteiger charge is -2.28. The van der Waals surface area contributed by atoms with Gasteiger partial charge in [-0.2, -0.15) is 5.10 Å². The van der Waals surface area contributed by atoms with Crippen molar-refractivity contribution >= 4 is 11.6 Å². The summed E-state index contributed by atoms with van der Waals surface area (Å²) in [6.07, 6.45) is 8.26. The van der Waals surface area contributed by atoms with Crippen LogP contribution in [0.2, 0.25) is 0 Å². The molecule has 0 unspecified atom stereocenters. The van der Waals surface area contributed by atoms with Gasteiger partial charge < -0.3 is 10.2 Å². The molecule has 5 nitrogen and oxygen atoms in total. The van der Waals surface area contributed by atoms with Crippen LogP contribution in [0.4, 0.5) is 5.69 Å². The third kappa shape index (κ3) is 3.67. The molecular weight excluding hydrogens is 276 g/mol. The fraction of sp³-hybridized carbons (Fsp3) is 0.412. The number of benzene rings is 1. The van der Waals surface area contributed by atoms with Gasteiger partial charge >= 0.3 is 0 Å². The maximum absolute atomic E-state index is 12.1. The van der Waals surface area contributed by atoms with Crippen molar-refractivity contribution in [2.75, 3.05) is 24.5 Å². The number of carbonyl (C=O) groups excluding carboxylic acids is 1. The smallest absolute Gasteiger partial charge is 0.251 e. The van der Waals surface area contributed by atoms with Crippen LogP contribution >= 0.6 is 0 Å². The van der Waals surface area contributed by atoms with Gasteiger partial charge in [-0.3, -0.25) is 9.89 Å². The van der Waals surface area contributed by atoms with E-state index in [9.17, 15) is 4.79 Å². The van der Waals surface area contributed by atoms with E-state index in [4.69, 9.17) is 0 Å². The molecule has 2 N–H and O–H groups in total. The molecule has 0 atom stereocenters. The Balaban J connectivity index is 1.51. The van der Waals surface area contributed by atoms with Gasteiger partial charge in [0.15, 0.2) is 0 Å². The zero-order valence-corrected chi connectivity index (χ0v) is 12.7. The van der Waals surface area contributed by atoms with E-state index in [0.29, 0.717) is 12.1 Å². The molecule has 0 radical (unpaired) electrons. The van der Waals surface area contributed by atoms with Crippen molar-refractivity contribution in [3.8, 4) is 0 Å². The number of aromatic amines is 1. The predicted octanol–water partition coefficient (Wildman–Crippen LogP) is 2.37. The molecule has 1 saturated heterocycles. The molecule has 1 fully saturated rings. The van der Waals surface area contributed by atoms with E-state index in [1.807, 2.05) is 18.3 Å². The molecule has 2 aromatic rings. The highest BCUT2D eigenvalue weighted by atomic mass is 16.1. The highest BCUT2D eigenvalue weighted by molar-refractivity contribution is 5.94. The number of nitrogens with one attached hydrogen (secondary N) is 2. The second-order valence-electron chi connectivity index (χ2n) is 5.71. The lowest BCUT2D eigenvalue weighted by atomic mass is 10.1. The lowest BCUT2D eigenvalue weighted by molar-refractivity contribution is 0.0954. The summed E-state index contributed by atoms with van der Waals surface area (Å²) in [4.78, 5) is 14.5. The van der Waals surface area contributed by atoms with Crippen molar-refractivity contribution in [3.63, 3.8) is 0 Å². The van der Waals surface area contributed by atoms with E-state index in [1.54, 1.807) is 6.20 Å². The Hall–Kier alpha value is -2.30. The summed E-state index contributed by atoms with van der Waals surface area (Å²) in [5, 5.41) is 9.60. The highest BCUT2D eigenvalue weighted by Gasteiger charge is 2.11. The van der Waals surface area contributed by atoms with Crippen molar-refractivity contribution in [1.82, 2.24) is 15.5 Å². The summed E-state index contributed by atoms with van der Waals surface area (Å²) >= 11 is 0. The quantitative estimate of drug-likeness (QED) is 0.891. The van der Waals surface area contributed by atoms with Gasteiger partial charge in [0, 0.05) is 37.1 Å². The van der Waals surface area contributed by atoms with Gasteiger partial charge in [0.2, 0.25) is 0 Å². The van der Waals surface area contributed by atoms with Crippen molar-refractivity contribution in [2.24, 2.45) is 0 Å². The molecular formula is C17H22N4O. The van der Waals surface area contributed by atoms with E-state index in [1.165, 1.54) is 24.9 Å². The fourth-order valence-corrected chi connectivity index (χ4v) is 2.81. The number of aromatic nitrogens is 2. The molecule has 0 saturated carbocycles. The van der Waals surface area contributed by atoms with Crippen LogP contribution < -0.4 is 10.2 Å². The van der Waals surface area contributed by atoms with Crippen LogP contribution in [0.3, 0.4) is 0 Å². The van der Waals surface area contributed by atoms with Gasteiger partial charge in [0.05, 0.1) is 6.20 Å². The number of rotatable bonds is 5. The molecule has 0 spiro atoms. The maximum Gasteiger partial charge on any atom is 0.251 e. The summed E-state index contributed by atoms with van der Waals surface area (Å²) in [7, 11) is 0. The predicted molar refractivity (Wildman–Crippen MR) is 87.1 cm³/mol. The second-order valence-corrected chi connectivity index (χ2v) is 5.71. The summed E-state index contributed by atoms with van der Waals surface area (Å²) in [6.45, 7) is 2.86. The van der Waals surface area contributed by atoms with E-state index < -0.39 is 0 Å². The van der Waals surface area contributed by atoms with E-state index in [0.717, 1.165) is 25.1 Å². The van der Waals surface area contributed by atoms with Crippen molar-refractivity contribution in [1.29, 1.82) is 0 Å². The summed E-state index contributed by atoms with van der Waals surface area (Å²) in [5.74, 6) is -0.0197. The average molecular weight is 298 g/mol. The van der Waals surface area contributed by atoms with Gasteiger partial charge in [0.1, 0.15) is 0 Å². The van der Waals surface area contributed by atoms with Crippen LogP contribution in [-0.4, -0.2) is 35.7 Å². The van der Waals surface area contributed by atoms with E-state index in [-0.39, 0.29) is 5.91 Å². The van der Waals surface area contributed by atoms with Gasteiger partial charge in [-0.15, -0.1) is 0 Å². The monoisotopic (exact) mass is 298 g/mol. The van der Waals surface area contributed by atoms with Crippen molar-refractivity contribution in [2.45, 2.75) is 25.7 Å². The number of nitrogens with zero attached hydrogens (tertiary/aromatic N) is 2. The molecule has 116 valence electrons. The minimum Gasteiger partial charge on any atom is -0.372 e. The van der Waals surface area contributed by atoms with Crippen molar-refractivity contribution in [3.05, 3.63) is 47.8 Å². The number of piperidine rings is 1. The molecule has 22 heavy (non-hydrogen) atoms. The van der Waals surface area contributed by atoms with Gasteiger partial charge in [-0.1, -0.05) is 0 Å². The SMILES string of the molecule is O=C(NCCc1cn[nH]c1)c1ccc(N2CCCCC2)cc1. The Kier molecular flexibility index (Phi) is 4.73. The van der Waals surface area contributed by atoms with Crippen molar-refractivity contribution < 1.29 is 4.79 Å². The molecule has 2 heterocycles. The Labute approximate surface area is 130 Å². The van der Waals surface area contributed by atoms with Gasteiger partial charge in [0.25, 0.3) is 5.91 Å².